The van der Waals surface area contributed by atoms with Gasteiger partial charge in [-0.2, -0.15) is 0 Å². The van der Waals surface area contributed by atoms with E-state index in [9.17, 15) is 14.4 Å². The van der Waals surface area contributed by atoms with Gasteiger partial charge in [0.1, 0.15) is 6.61 Å². The van der Waals surface area contributed by atoms with E-state index in [2.05, 4.69) is 21.2 Å². The molecule has 1 rings (SSSR count). The third-order valence-electron chi connectivity index (χ3n) is 1.57. The van der Waals surface area contributed by atoms with E-state index in [4.69, 9.17) is 0 Å². The summed E-state index contributed by atoms with van der Waals surface area (Å²) in [5, 5.41) is 0.441. The molecule has 0 bridgehead atoms. The fourth-order valence-corrected chi connectivity index (χ4v) is 1.30. The highest BCUT2D eigenvalue weighted by atomic mass is 33.1. The first-order chi connectivity index (χ1) is 7.15. The maximum absolute atomic E-state index is 11.0. The van der Waals surface area contributed by atoms with Crippen LogP contribution in [0.4, 0.5) is 4.79 Å². The van der Waals surface area contributed by atoms with Gasteiger partial charge in [-0.3, -0.25) is 14.4 Å². The number of hydrogen-bond donors (Lipinski definition) is 1. The lowest BCUT2D eigenvalue weighted by Gasteiger charge is -2.11. The van der Waals surface area contributed by atoms with E-state index in [0.717, 1.165) is 0 Å². The predicted octanol–water partition coefficient (Wildman–Crippen LogP) is 0.782. The molecule has 1 aliphatic rings. The van der Waals surface area contributed by atoms with Crippen LogP contribution in [0.1, 0.15) is 12.8 Å². The van der Waals surface area contributed by atoms with Crippen molar-refractivity contribution in [2.24, 2.45) is 0 Å². The first kappa shape index (κ1) is 12.2. The first-order valence-electron chi connectivity index (χ1n) is 4.12. The molecular weight excluding hydrogens is 242 g/mol. The third kappa shape index (κ3) is 3.63. The average Bonchev–Trinajstić information content (AvgIpc) is 2.50. The van der Waals surface area contributed by atoms with Gasteiger partial charge in [-0.1, -0.05) is 15.9 Å². The molecule has 6 nitrogen and oxygen atoms in total. The van der Waals surface area contributed by atoms with E-state index in [1.807, 2.05) is 0 Å². The molecule has 0 N–H and O–H groups in total. The highest BCUT2D eigenvalue weighted by molar-refractivity contribution is 8.68. The highest BCUT2D eigenvalue weighted by Gasteiger charge is 2.33. The maximum atomic E-state index is 11.0. The van der Waals surface area contributed by atoms with Gasteiger partial charge < -0.3 is 4.74 Å². The van der Waals surface area contributed by atoms with Gasteiger partial charge in [0.2, 0.25) is 0 Å². The van der Waals surface area contributed by atoms with Gasteiger partial charge >= 0.3 is 6.16 Å². The topological polar surface area (TPSA) is 72.9 Å². The van der Waals surface area contributed by atoms with Crippen LogP contribution in [-0.2, 0) is 19.2 Å². The van der Waals surface area contributed by atoms with Crippen molar-refractivity contribution in [1.29, 1.82) is 0 Å². The van der Waals surface area contributed by atoms with Gasteiger partial charge in [0.05, 0.1) is 0 Å². The number of carbonyl (C=O) groups excluding carboxylic acids is 3. The lowest BCUT2D eigenvalue weighted by molar-refractivity contribution is -0.176. The maximum Gasteiger partial charge on any atom is 0.533 e. The third-order valence-corrected chi connectivity index (χ3v) is 2.46. The van der Waals surface area contributed by atoms with Crippen LogP contribution in [0.2, 0.25) is 0 Å². The van der Waals surface area contributed by atoms with Crippen molar-refractivity contribution in [3.63, 3.8) is 0 Å². The summed E-state index contributed by atoms with van der Waals surface area (Å²) in [4.78, 5) is 37.4. The Morgan fingerprint density at radius 1 is 1.40 bits per heavy atom. The molecule has 0 radical (unpaired) electrons. The van der Waals surface area contributed by atoms with Gasteiger partial charge in [-0.15, -0.1) is 11.7 Å². The smallest absolute Gasteiger partial charge is 0.432 e. The number of nitrogens with zero attached hydrogens (tertiary/aromatic N) is 1. The minimum absolute atomic E-state index is 0.0681. The summed E-state index contributed by atoms with van der Waals surface area (Å²) in [6.07, 6.45) is -0.919. The van der Waals surface area contributed by atoms with Crippen molar-refractivity contribution in [2.75, 3.05) is 12.4 Å². The fraction of sp³-hybridized carbons (Fsp3) is 0.571. The largest absolute Gasteiger partial charge is 0.533 e. The Morgan fingerprint density at radius 2 is 2.00 bits per heavy atom. The molecule has 8 heteroatoms. The molecular formula is C7H9NO5S2. The van der Waals surface area contributed by atoms with E-state index in [1.165, 1.54) is 10.8 Å². The van der Waals surface area contributed by atoms with Crippen LogP contribution in [0.5, 0.6) is 0 Å². The van der Waals surface area contributed by atoms with Crippen molar-refractivity contribution in [3.05, 3.63) is 0 Å². The number of rotatable bonds is 4. The summed E-state index contributed by atoms with van der Waals surface area (Å²) in [5.41, 5.74) is 0. The molecule has 0 unspecified atom stereocenters. The van der Waals surface area contributed by atoms with Crippen molar-refractivity contribution in [1.82, 2.24) is 5.06 Å². The SMILES string of the molecule is O=C(OCCSS)ON1C(=O)CCC1=O. The van der Waals surface area contributed by atoms with Crippen LogP contribution in [-0.4, -0.2) is 35.4 Å². The second-order valence-corrected chi connectivity index (χ2v) is 4.05. The van der Waals surface area contributed by atoms with E-state index in [1.54, 1.807) is 0 Å². The summed E-state index contributed by atoms with van der Waals surface area (Å²) >= 11 is 3.83. The quantitative estimate of drug-likeness (QED) is 0.262. The molecule has 2 amide bonds. The molecule has 1 fully saturated rings. The average molecular weight is 251 g/mol. The number of amides is 2. The summed E-state index contributed by atoms with van der Waals surface area (Å²) in [7, 11) is 1.20. The van der Waals surface area contributed by atoms with E-state index >= 15 is 0 Å². The van der Waals surface area contributed by atoms with Gasteiger partial charge in [-0.05, 0) is 0 Å². The lowest BCUT2D eigenvalue weighted by Crippen LogP contribution is -2.32. The molecule has 84 valence electrons. The normalized spacial score (nSPS) is 15.7. The van der Waals surface area contributed by atoms with Gasteiger partial charge in [0.15, 0.2) is 0 Å². The minimum Gasteiger partial charge on any atom is -0.432 e. The second-order valence-electron chi connectivity index (χ2n) is 2.60. The van der Waals surface area contributed by atoms with E-state index < -0.39 is 18.0 Å². The van der Waals surface area contributed by atoms with Gasteiger partial charge in [0.25, 0.3) is 11.8 Å². The molecule has 0 atom stereocenters. The fourth-order valence-electron chi connectivity index (χ4n) is 0.921. The molecule has 15 heavy (non-hydrogen) atoms. The zero-order valence-corrected chi connectivity index (χ0v) is 9.38. The van der Waals surface area contributed by atoms with Crippen LogP contribution < -0.4 is 0 Å². The number of thiol groups is 1. The van der Waals surface area contributed by atoms with Gasteiger partial charge in [-0.25, -0.2) is 4.79 Å². The van der Waals surface area contributed by atoms with Crippen LogP contribution in [0.15, 0.2) is 0 Å². The van der Waals surface area contributed by atoms with Crippen molar-refractivity contribution in [2.45, 2.75) is 12.8 Å². The Labute approximate surface area is 95.0 Å². The molecule has 0 aromatic heterocycles. The molecule has 1 aliphatic heterocycles. The van der Waals surface area contributed by atoms with E-state index in [-0.39, 0.29) is 19.4 Å². The minimum atomic E-state index is -1.05. The summed E-state index contributed by atoms with van der Waals surface area (Å²) < 4.78 is 4.56. The molecule has 0 aliphatic carbocycles. The van der Waals surface area contributed by atoms with Crippen LogP contribution >= 0.6 is 22.5 Å². The number of imide groups is 1. The molecule has 0 saturated carbocycles. The Balaban J connectivity index is 2.31. The number of hydroxylamine groups is 2. The Hall–Kier alpha value is -0.890. The number of carbonyl (C=O) groups is 3. The van der Waals surface area contributed by atoms with Crippen LogP contribution in [0, 0.1) is 0 Å². The Bertz CT molecular complexity index is 267. The monoisotopic (exact) mass is 251 g/mol. The zero-order chi connectivity index (χ0) is 11.3. The standard InChI is InChI=1S/C7H9NO5S2/c9-5-1-2-6(10)8(5)13-7(11)12-3-4-15-14/h14H,1-4H2. The molecule has 0 aromatic rings. The number of ether oxygens (including phenoxy) is 1. The Kier molecular flexibility index (Phi) is 4.76. The van der Waals surface area contributed by atoms with Crippen molar-refractivity contribution < 1.29 is 24.0 Å². The molecule has 1 saturated heterocycles. The van der Waals surface area contributed by atoms with Crippen LogP contribution in [0.3, 0.4) is 0 Å². The summed E-state index contributed by atoms with van der Waals surface area (Å²) in [6, 6.07) is 0. The first-order valence-corrected chi connectivity index (χ1v) is 6.16. The van der Waals surface area contributed by atoms with Crippen LogP contribution in [0.25, 0.3) is 0 Å². The Morgan fingerprint density at radius 3 is 2.53 bits per heavy atom. The van der Waals surface area contributed by atoms with Crippen molar-refractivity contribution in [3.8, 4) is 0 Å². The molecule has 0 spiro atoms. The van der Waals surface area contributed by atoms with Gasteiger partial charge in [0, 0.05) is 18.6 Å². The molecule has 0 aromatic carbocycles. The number of hydrogen-bond acceptors (Lipinski definition) is 7. The van der Waals surface area contributed by atoms with Crippen molar-refractivity contribution >= 4 is 40.4 Å². The summed E-state index contributed by atoms with van der Waals surface area (Å²) in [6.45, 7) is 0.114. The zero-order valence-electron chi connectivity index (χ0n) is 7.67. The highest BCUT2D eigenvalue weighted by Crippen LogP contribution is 2.12. The molecule has 1 heterocycles. The van der Waals surface area contributed by atoms with E-state index in [0.29, 0.717) is 10.8 Å². The second kappa shape index (κ2) is 5.86. The predicted molar refractivity (Wildman–Crippen MR) is 55.0 cm³/mol. The summed E-state index contributed by atoms with van der Waals surface area (Å²) in [5.74, 6) is -0.554. The lowest BCUT2D eigenvalue weighted by atomic mass is 10.4.